The van der Waals surface area contributed by atoms with Crippen LogP contribution in [0.2, 0.25) is 0 Å². The molecule has 7 nitrogen and oxygen atoms in total. The summed E-state index contributed by atoms with van der Waals surface area (Å²) in [6.45, 7) is 5.57. The summed E-state index contributed by atoms with van der Waals surface area (Å²) in [5.74, 6) is 8.21. The number of hydrogen-bond donors (Lipinski definition) is 1. The molecule has 0 radical (unpaired) electrons. The van der Waals surface area contributed by atoms with Gasteiger partial charge in [-0.25, -0.2) is 4.98 Å². The number of aldehydes is 1. The Morgan fingerprint density at radius 1 is 1.08 bits per heavy atom. The van der Waals surface area contributed by atoms with Gasteiger partial charge in [-0.1, -0.05) is 36.1 Å². The number of rotatable bonds is 11. The highest BCUT2D eigenvalue weighted by molar-refractivity contribution is 5.59. The van der Waals surface area contributed by atoms with Gasteiger partial charge in [-0.2, -0.15) is 0 Å². The van der Waals surface area contributed by atoms with Gasteiger partial charge in [-0.05, 0) is 49.0 Å². The Morgan fingerprint density at radius 3 is 2.47 bits per heavy atom. The quantitative estimate of drug-likeness (QED) is 0.260. The minimum atomic E-state index is 0.430. The molecule has 1 N–H and O–H groups in total. The molecule has 36 heavy (non-hydrogen) atoms. The molecule has 0 aliphatic heterocycles. The van der Waals surface area contributed by atoms with Gasteiger partial charge >= 0.3 is 0 Å². The highest BCUT2D eigenvalue weighted by atomic mass is 16.5. The molecule has 0 bridgehead atoms. The van der Waals surface area contributed by atoms with Crippen LogP contribution in [0.4, 0.5) is 0 Å². The number of aromatic nitrogens is 3. The fourth-order valence-corrected chi connectivity index (χ4v) is 3.92. The maximum Gasteiger partial charge on any atom is 0.167 e. The van der Waals surface area contributed by atoms with Crippen molar-refractivity contribution in [3.8, 4) is 23.2 Å². The lowest BCUT2D eigenvalue weighted by Gasteiger charge is -2.19. The summed E-state index contributed by atoms with van der Waals surface area (Å²) in [6, 6.07) is 18.1. The Labute approximate surface area is 212 Å². The molecule has 4 aromatic rings. The lowest BCUT2D eigenvalue weighted by molar-refractivity contribution is -0.109. The highest BCUT2D eigenvalue weighted by Gasteiger charge is 2.09. The zero-order chi connectivity index (χ0) is 25.2. The first kappa shape index (κ1) is 25.1. The number of nitrogens with zero attached hydrogens (tertiary/aromatic N) is 4. The number of aryl methyl sites for hydroxylation is 1. The molecule has 2 aromatic carbocycles. The van der Waals surface area contributed by atoms with Gasteiger partial charge in [0, 0.05) is 61.2 Å². The van der Waals surface area contributed by atoms with Crippen LogP contribution in [0, 0.1) is 11.8 Å². The third kappa shape index (κ3) is 6.79. The van der Waals surface area contributed by atoms with Crippen LogP contribution in [0.3, 0.4) is 0 Å². The summed E-state index contributed by atoms with van der Waals surface area (Å²) in [6.07, 6.45) is 5.60. The van der Waals surface area contributed by atoms with Crippen molar-refractivity contribution in [2.75, 3.05) is 26.7 Å². The molecule has 0 unspecified atom stereocenters. The molecule has 7 heteroatoms. The lowest BCUT2D eigenvalue weighted by Crippen LogP contribution is -2.31. The fourth-order valence-electron chi connectivity index (χ4n) is 3.92. The molecule has 0 saturated carbocycles. The minimum Gasteiger partial charge on any atom is -0.356 e. The van der Waals surface area contributed by atoms with E-state index in [-0.39, 0.29) is 0 Å². The van der Waals surface area contributed by atoms with Crippen molar-refractivity contribution in [2.45, 2.75) is 26.4 Å². The molecular weight excluding hydrogens is 450 g/mol. The minimum absolute atomic E-state index is 0.430. The van der Waals surface area contributed by atoms with Gasteiger partial charge in [0.15, 0.2) is 5.76 Å². The first-order valence-corrected chi connectivity index (χ1v) is 12.2. The molecule has 0 amide bonds. The summed E-state index contributed by atoms with van der Waals surface area (Å²) in [4.78, 5) is 17.4. The van der Waals surface area contributed by atoms with Gasteiger partial charge in [0.2, 0.25) is 0 Å². The first-order valence-electron chi connectivity index (χ1n) is 12.2. The fraction of sp³-hybridized carbons (Fsp3) is 0.276. The first-order chi connectivity index (χ1) is 17.7. The number of benzene rings is 2. The van der Waals surface area contributed by atoms with Gasteiger partial charge in [-0.15, -0.1) is 0 Å². The second kappa shape index (κ2) is 12.6. The molecule has 184 valence electrons. The van der Waals surface area contributed by atoms with Crippen molar-refractivity contribution < 1.29 is 9.32 Å². The van der Waals surface area contributed by atoms with Crippen LogP contribution < -0.4 is 5.32 Å². The van der Waals surface area contributed by atoms with Gasteiger partial charge < -0.3 is 19.2 Å². The van der Waals surface area contributed by atoms with Crippen LogP contribution in [0.15, 0.2) is 71.5 Å². The molecular formula is C29H31N5O2. The van der Waals surface area contributed by atoms with Gasteiger partial charge in [0.05, 0.1) is 13.1 Å². The number of hydrogen-bond acceptors (Lipinski definition) is 6. The molecule has 0 fully saturated rings. The van der Waals surface area contributed by atoms with Crippen LogP contribution in [0.5, 0.6) is 0 Å². The van der Waals surface area contributed by atoms with Crippen molar-refractivity contribution in [2.24, 2.45) is 0 Å². The van der Waals surface area contributed by atoms with Crippen LogP contribution in [0.25, 0.3) is 11.3 Å². The van der Waals surface area contributed by atoms with E-state index >= 15 is 0 Å². The van der Waals surface area contributed by atoms with Gasteiger partial charge in [0.1, 0.15) is 17.8 Å². The molecule has 4 rings (SSSR count). The number of carbonyl (C=O) groups is 1. The second-order valence-corrected chi connectivity index (χ2v) is 8.54. The van der Waals surface area contributed by atoms with E-state index in [0.717, 1.165) is 71.9 Å². The Balaban J connectivity index is 1.36. The van der Waals surface area contributed by atoms with Crippen LogP contribution in [-0.2, 0) is 24.3 Å². The molecule has 2 aromatic heterocycles. The predicted octanol–water partition coefficient (Wildman–Crippen LogP) is 3.77. The summed E-state index contributed by atoms with van der Waals surface area (Å²) >= 11 is 0. The van der Waals surface area contributed by atoms with Crippen molar-refractivity contribution in [3.05, 3.63) is 95.2 Å². The Hall–Kier alpha value is -3.99. The lowest BCUT2D eigenvalue weighted by atomic mass is 10.1. The molecule has 0 saturated heterocycles. The smallest absolute Gasteiger partial charge is 0.167 e. The van der Waals surface area contributed by atoms with Crippen LogP contribution in [-0.4, -0.2) is 52.6 Å². The third-order valence-corrected chi connectivity index (χ3v) is 5.90. The normalized spacial score (nSPS) is 10.9. The average molecular weight is 482 g/mol. The Kier molecular flexibility index (Phi) is 8.82. The number of carbonyl (C=O) groups excluding carboxylic acids is 1. The number of nitrogens with one attached hydrogen (secondary N) is 1. The van der Waals surface area contributed by atoms with Crippen molar-refractivity contribution in [3.63, 3.8) is 0 Å². The topological polar surface area (TPSA) is 76.2 Å². The monoisotopic (exact) mass is 481 g/mol. The molecule has 0 aliphatic rings. The summed E-state index contributed by atoms with van der Waals surface area (Å²) in [7, 11) is 1.91. The van der Waals surface area contributed by atoms with E-state index < -0.39 is 0 Å². The Bertz CT molecular complexity index is 1310. The van der Waals surface area contributed by atoms with Crippen LogP contribution in [0.1, 0.15) is 35.1 Å². The summed E-state index contributed by atoms with van der Waals surface area (Å²) in [5, 5.41) is 7.34. The third-order valence-electron chi connectivity index (χ3n) is 5.90. The van der Waals surface area contributed by atoms with Crippen LogP contribution >= 0.6 is 0 Å². The van der Waals surface area contributed by atoms with E-state index in [2.05, 4.69) is 55.8 Å². The Morgan fingerprint density at radius 2 is 1.81 bits per heavy atom. The molecule has 0 atom stereocenters. The van der Waals surface area contributed by atoms with E-state index in [9.17, 15) is 4.79 Å². The molecule has 2 heterocycles. The highest BCUT2D eigenvalue weighted by Crippen LogP contribution is 2.21. The largest absolute Gasteiger partial charge is 0.356 e. The van der Waals surface area contributed by atoms with Crippen molar-refractivity contribution in [1.82, 2.24) is 24.9 Å². The maximum absolute atomic E-state index is 10.9. The maximum atomic E-state index is 10.9. The van der Waals surface area contributed by atoms with Gasteiger partial charge in [0.25, 0.3) is 0 Å². The number of likely N-dealkylation sites (N-methyl/N-ethyl adjacent to an activating group) is 1. The van der Waals surface area contributed by atoms with E-state index in [4.69, 9.17) is 4.52 Å². The van der Waals surface area contributed by atoms with Crippen molar-refractivity contribution in [1.29, 1.82) is 0 Å². The second-order valence-electron chi connectivity index (χ2n) is 8.54. The van der Waals surface area contributed by atoms with E-state index in [1.807, 2.05) is 61.9 Å². The summed E-state index contributed by atoms with van der Waals surface area (Å²) < 4.78 is 7.65. The zero-order valence-electron chi connectivity index (χ0n) is 20.8. The molecule has 0 aliphatic carbocycles. The SMILES string of the molecule is CCc1nccn1Cc1cc(-c2ccc(C#Cc3ccc(CN(CC=O)CCNC)cc3)cc2)on1. The standard InChI is InChI=1S/C29H31N5O2/c1-3-29-31-15-17-34(29)22-27-20-28(36-32-27)26-12-10-24(11-13-26)5-4-23-6-8-25(9-7-23)21-33(18-19-35)16-14-30-2/h6-13,15,17,19-20,30H,3,14,16,18,21-22H2,1-2H3. The summed E-state index contributed by atoms with van der Waals surface area (Å²) in [5.41, 5.74) is 4.86. The van der Waals surface area contributed by atoms with E-state index in [1.54, 1.807) is 0 Å². The predicted molar refractivity (Wildman–Crippen MR) is 140 cm³/mol. The average Bonchev–Trinajstić information content (AvgIpc) is 3.57. The van der Waals surface area contributed by atoms with Gasteiger partial charge in [-0.3, -0.25) is 4.90 Å². The van der Waals surface area contributed by atoms with E-state index in [1.165, 1.54) is 0 Å². The number of imidazole rings is 1. The zero-order valence-corrected chi connectivity index (χ0v) is 20.8. The van der Waals surface area contributed by atoms with Crippen molar-refractivity contribution >= 4 is 6.29 Å². The molecule has 0 spiro atoms. The van der Waals surface area contributed by atoms with E-state index in [0.29, 0.717) is 13.1 Å².